The quantitative estimate of drug-likeness (QED) is 0.637. The first-order valence-corrected chi connectivity index (χ1v) is 10.3. The van der Waals surface area contributed by atoms with Gasteiger partial charge >= 0.3 is 0 Å². The molecule has 2 heterocycles. The molecule has 1 N–H and O–H groups in total. The van der Waals surface area contributed by atoms with Crippen molar-refractivity contribution in [2.45, 2.75) is 25.6 Å². The second kappa shape index (κ2) is 8.31. The van der Waals surface area contributed by atoms with E-state index in [1.54, 1.807) is 32.6 Å². The average Bonchev–Trinajstić information content (AvgIpc) is 3.18. The number of amides is 2. The number of likely N-dealkylation sites (N-methyl/N-ethyl adjacent to an activating group) is 1. The molecule has 0 bridgehead atoms. The van der Waals surface area contributed by atoms with Crippen LogP contribution in [0.3, 0.4) is 0 Å². The van der Waals surface area contributed by atoms with E-state index < -0.39 is 18.1 Å². The molecule has 2 aromatic carbocycles. The zero-order valence-electron chi connectivity index (χ0n) is 16.6. The van der Waals surface area contributed by atoms with Crippen LogP contribution in [0.1, 0.15) is 23.0 Å². The summed E-state index contributed by atoms with van der Waals surface area (Å²) in [6.45, 7) is 2.37. The number of benzene rings is 2. The Labute approximate surface area is 182 Å². The van der Waals surface area contributed by atoms with E-state index in [2.05, 4.69) is 26.2 Å². The van der Waals surface area contributed by atoms with Crippen LogP contribution in [0.4, 0.5) is 5.69 Å². The predicted molar refractivity (Wildman–Crippen MR) is 117 cm³/mol. The Bertz CT molecular complexity index is 1080. The molecule has 1 aromatic heterocycles. The number of anilines is 1. The Morgan fingerprint density at radius 2 is 2.00 bits per heavy atom. The summed E-state index contributed by atoms with van der Waals surface area (Å²) >= 11 is 3.42. The van der Waals surface area contributed by atoms with Crippen LogP contribution < -0.4 is 15.0 Å². The highest BCUT2D eigenvalue weighted by Gasteiger charge is 2.36. The van der Waals surface area contributed by atoms with Crippen LogP contribution in [-0.2, 0) is 11.3 Å². The highest BCUT2D eigenvalue weighted by molar-refractivity contribution is 9.10. The Kier molecular flexibility index (Phi) is 5.59. The van der Waals surface area contributed by atoms with Gasteiger partial charge in [-0.15, -0.1) is 0 Å². The number of imidazole rings is 1. The van der Waals surface area contributed by atoms with E-state index in [0.29, 0.717) is 18.0 Å². The highest BCUT2D eigenvalue weighted by Crippen LogP contribution is 2.34. The Morgan fingerprint density at radius 3 is 2.77 bits per heavy atom. The van der Waals surface area contributed by atoms with E-state index in [4.69, 9.17) is 4.74 Å². The van der Waals surface area contributed by atoms with E-state index >= 15 is 0 Å². The summed E-state index contributed by atoms with van der Waals surface area (Å²) in [5.74, 6) is -0.0852. The average molecular weight is 469 g/mol. The number of carbonyl (C=O) groups is 2. The third-order valence-corrected chi connectivity index (χ3v) is 5.51. The van der Waals surface area contributed by atoms with E-state index in [9.17, 15) is 9.59 Å². The van der Waals surface area contributed by atoms with Gasteiger partial charge in [0.15, 0.2) is 0 Å². The number of halogens is 1. The van der Waals surface area contributed by atoms with Gasteiger partial charge in [0.25, 0.3) is 11.8 Å². The summed E-state index contributed by atoms with van der Waals surface area (Å²) in [7, 11) is 1.67. The molecule has 30 heavy (non-hydrogen) atoms. The molecule has 0 saturated carbocycles. The van der Waals surface area contributed by atoms with Crippen molar-refractivity contribution in [2.75, 3.05) is 11.9 Å². The number of carbonyl (C=O) groups excluding carboxylic acids is 2. The zero-order valence-corrected chi connectivity index (χ0v) is 18.2. The van der Waals surface area contributed by atoms with Crippen molar-refractivity contribution in [3.05, 3.63) is 76.8 Å². The van der Waals surface area contributed by atoms with Crippen LogP contribution in [0.15, 0.2) is 65.5 Å². The monoisotopic (exact) mass is 468 g/mol. The fourth-order valence-electron chi connectivity index (χ4n) is 3.40. The van der Waals surface area contributed by atoms with Gasteiger partial charge in [-0.25, -0.2) is 4.98 Å². The summed E-state index contributed by atoms with van der Waals surface area (Å²) in [4.78, 5) is 31.5. The van der Waals surface area contributed by atoms with Crippen molar-refractivity contribution in [2.24, 2.45) is 0 Å². The molecule has 0 radical (unpaired) electrons. The molecule has 1 aliphatic heterocycles. The smallest absolute Gasteiger partial charge is 0.272 e. The first kappa shape index (κ1) is 20.2. The molecule has 0 saturated heterocycles. The number of rotatable bonds is 4. The third-order valence-electron chi connectivity index (χ3n) is 5.02. The maximum Gasteiger partial charge on any atom is 0.272 e. The van der Waals surface area contributed by atoms with Crippen molar-refractivity contribution in [3.8, 4) is 5.75 Å². The van der Waals surface area contributed by atoms with Gasteiger partial charge in [-0.2, -0.15) is 0 Å². The number of fused-ring (bicyclic) bond motifs is 1. The molecule has 1 aliphatic rings. The normalized spacial score (nSPS) is 18.4. The Morgan fingerprint density at radius 1 is 1.23 bits per heavy atom. The van der Waals surface area contributed by atoms with Gasteiger partial charge in [-0.3, -0.25) is 9.59 Å². The number of hydrogen-bond donors (Lipinski definition) is 1. The fraction of sp³-hybridized carbons (Fsp3) is 0.227. The van der Waals surface area contributed by atoms with Gasteiger partial charge in [0, 0.05) is 24.3 Å². The van der Waals surface area contributed by atoms with Gasteiger partial charge in [-0.1, -0.05) is 46.3 Å². The second-order valence-corrected chi connectivity index (χ2v) is 8.12. The molecular formula is C22H21BrN4O3. The summed E-state index contributed by atoms with van der Waals surface area (Å²) in [6.07, 6.45) is 2.73. The van der Waals surface area contributed by atoms with E-state index in [0.717, 1.165) is 10.0 Å². The van der Waals surface area contributed by atoms with Gasteiger partial charge in [0.05, 0.1) is 12.0 Å². The van der Waals surface area contributed by atoms with Gasteiger partial charge in [0.1, 0.15) is 23.6 Å². The SMILES string of the molecule is C[C@@H]1Oc2ccc(Br)cc2N(C)C(=O)[C@H]1NC(=O)c1cn(Cc2ccccc2)cn1. The first-order chi connectivity index (χ1) is 14.4. The fourth-order valence-corrected chi connectivity index (χ4v) is 3.75. The van der Waals surface area contributed by atoms with Crippen LogP contribution in [-0.4, -0.2) is 40.6 Å². The molecule has 3 aromatic rings. The van der Waals surface area contributed by atoms with Crippen molar-refractivity contribution < 1.29 is 14.3 Å². The van der Waals surface area contributed by atoms with Crippen LogP contribution >= 0.6 is 15.9 Å². The van der Waals surface area contributed by atoms with Crippen molar-refractivity contribution in [1.29, 1.82) is 0 Å². The molecule has 154 valence electrons. The van der Waals surface area contributed by atoms with E-state index in [1.807, 2.05) is 47.0 Å². The molecule has 2 amide bonds. The second-order valence-electron chi connectivity index (χ2n) is 7.20. The first-order valence-electron chi connectivity index (χ1n) is 9.52. The zero-order chi connectivity index (χ0) is 21.3. The lowest BCUT2D eigenvalue weighted by atomic mass is 10.1. The van der Waals surface area contributed by atoms with Crippen LogP contribution in [0.5, 0.6) is 5.75 Å². The highest BCUT2D eigenvalue weighted by atomic mass is 79.9. The minimum Gasteiger partial charge on any atom is -0.486 e. The number of hydrogen-bond acceptors (Lipinski definition) is 4. The molecule has 0 spiro atoms. The predicted octanol–water partition coefficient (Wildman–Crippen LogP) is 3.24. The lowest BCUT2D eigenvalue weighted by molar-refractivity contribution is -0.121. The van der Waals surface area contributed by atoms with E-state index in [1.165, 1.54) is 4.90 Å². The summed E-state index contributed by atoms with van der Waals surface area (Å²) in [5.41, 5.74) is 2.00. The molecule has 7 nitrogen and oxygen atoms in total. The minimum atomic E-state index is -0.840. The number of ether oxygens (including phenoxy) is 1. The number of aromatic nitrogens is 2. The van der Waals surface area contributed by atoms with Gasteiger partial charge in [-0.05, 0) is 30.7 Å². The van der Waals surface area contributed by atoms with Gasteiger partial charge < -0.3 is 19.5 Å². The van der Waals surface area contributed by atoms with Crippen LogP contribution in [0.2, 0.25) is 0 Å². The van der Waals surface area contributed by atoms with Gasteiger partial charge in [0.2, 0.25) is 0 Å². The van der Waals surface area contributed by atoms with Crippen molar-refractivity contribution in [3.63, 3.8) is 0 Å². The van der Waals surface area contributed by atoms with Crippen LogP contribution in [0, 0.1) is 0 Å². The molecule has 0 fully saturated rings. The standard InChI is InChI=1S/C22H21BrN4O3/c1-14-20(22(29)26(2)18-10-16(23)8-9-19(18)30-14)25-21(28)17-12-27(13-24-17)11-15-6-4-3-5-7-15/h3-10,12-14,20H,11H2,1-2H3,(H,25,28)/t14-,20-/m0/s1. The lowest BCUT2D eigenvalue weighted by Gasteiger charge is -2.23. The van der Waals surface area contributed by atoms with E-state index in [-0.39, 0.29) is 11.6 Å². The summed E-state index contributed by atoms with van der Waals surface area (Å²) < 4.78 is 8.63. The molecule has 2 atom stereocenters. The Balaban J connectivity index is 1.50. The van der Waals surface area contributed by atoms with Crippen LogP contribution in [0.25, 0.3) is 0 Å². The molecule has 0 aliphatic carbocycles. The number of nitrogens with one attached hydrogen (secondary N) is 1. The maximum absolute atomic E-state index is 13.0. The molecule has 8 heteroatoms. The lowest BCUT2D eigenvalue weighted by Crippen LogP contribution is -2.53. The minimum absolute atomic E-state index is 0.248. The van der Waals surface area contributed by atoms with Crippen molar-refractivity contribution >= 4 is 33.4 Å². The molecule has 4 rings (SSSR count). The molecular weight excluding hydrogens is 448 g/mol. The van der Waals surface area contributed by atoms with Crippen molar-refractivity contribution in [1.82, 2.24) is 14.9 Å². The topological polar surface area (TPSA) is 76.5 Å². The molecule has 0 unspecified atom stereocenters. The number of nitrogens with zero attached hydrogens (tertiary/aromatic N) is 3. The summed E-state index contributed by atoms with van der Waals surface area (Å²) in [6, 6.07) is 14.5. The maximum atomic E-state index is 13.0. The Hall–Kier alpha value is -3.13. The summed E-state index contributed by atoms with van der Waals surface area (Å²) in [5, 5.41) is 2.79. The largest absolute Gasteiger partial charge is 0.486 e. The third kappa shape index (κ3) is 4.09.